The lowest BCUT2D eigenvalue weighted by atomic mass is 10.1. The minimum Gasteiger partial charge on any atom is -0.493 e. The van der Waals surface area contributed by atoms with Gasteiger partial charge in [0.25, 0.3) is 0 Å². The molecule has 0 aromatic heterocycles. The zero-order valence-corrected chi connectivity index (χ0v) is 14.4. The molecule has 0 N–H and O–H groups in total. The molecule has 1 saturated heterocycles. The third-order valence-electron chi connectivity index (χ3n) is 4.05. The Morgan fingerprint density at radius 1 is 1.18 bits per heavy atom. The number of unbranched alkanes of at least 4 members (excludes halogenated alkanes) is 2. The fourth-order valence-corrected chi connectivity index (χ4v) is 2.93. The number of hydrogen-bond donors (Lipinski definition) is 0. The lowest BCUT2D eigenvalue weighted by Crippen LogP contribution is -2.36. The Kier molecular flexibility index (Phi) is 8.06. The second kappa shape index (κ2) is 10.1. The van der Waals surface area contributed by atoms with Crippen molar-refractivity contribution in [3.05, 3.63) is 28.8 Å². The number of ether oxygens (including phenoxy) is 2. The maximum Gasteiger partial charge on any atom is 0.122 e. The van der Waals surface area contributed by atoms with Gasteiger partial charge in [-0.15, -0.1) is 0 Å². The van der Waals surface area contributed by atoms with Crippen molar-refractivity contribution in [1.29, 1.82) is 0 Å². The summed E-state index contributed by atoms with van der Waals surface area (Å²) in [5.41, 5.74) is 1.23. The number of halogens is 1. The molecule has 22 heavy (non-hydrogen) atoms. The van der Waals surface area contributed by atoms with E-state index in [-0.39, 0.29) is 0 Å². The summed E-state index contributed by atoms with van der Waals surface area (Å²) in [5, 5.41) is 0.794. The molecule has 0 radical (unpaired) electrons. The second-order valence-electron chi connectivity index (χ2n) is 5.87. The molecule has 0 atom stereocenters. The summed E-state index contributed by atoms with van der Waals surface area (Å²) in [4.78, 5) is 2.47. The average Bonchev–Trinajstić information content (AvgIpc) is 2.54. The van der Waals surface area contributed by atoms with E-state index in [1.165, 1.54) is 18.4 Å². The van der Waals surface area contributed by atoms with E-state index >= 15 is 0 Å². The van der Waals surface area contributed by atoms with Gasteiger partial charge in [0.1, 0.15) is 5.75 Å². The van der Waals surface area contributed by atoms with E-state index in [1.54, 1.807) is 0 Å². The van der Waals surface area contributed by atoms with Crippen LogP contribution in [0.2, 0.25) is 5.02 Å². The Balaban J connectivity index is 1.80. The number of hydrogen-bond acceptors (Lipinski definition) is 3. The summed E-state index contributed by atoms with van der Waals surface area (Å²) in [6, 6.07) is 5.98. The molecule has 124 valence electrons. The number of aryl methyl sites for hydroxylation is 1. The minimum atomic E-state index is 0.794. The van der Waals surface area contributed by atoms with Crippen molar-refractivity contribution in [1.82, 2.24) is 4.90 Å². The maximum atomic E-state index is 6.15. The molecule has 3 nitrogen and oxygen atoms in total. The molecule has 0 amide bonds. The predicted molar refractivity (Wildman–Crippen MR) is 92.1 cm³/mol. The average molecular weight is 326 g/mol. The third kappa shape index (κ3) is 6.15. The molecule has 0 aliphatic carbocycles. The number of benzene rings is 1. The molecule has 0 unspecified atom stereocenters. The van der Waals surface area contributed by atoms with Gasteiger partial charge < -0.3 is 9.47 Å². The molecule has 0 bridgehead atoms. The number of rotatable bonds is 9. The molecule has 2 rings (SSSR count). The predicted octanol–water partition coefficient (Wildman–Crippen LogP) is 4.17. The van der Waals surface area contributed by atoms with E-state index < -0.39 is 0 Å². The standard InChI is InChI=1S/C18H28ClNO2/c1-2-3-4-12-22-18-8-7-17(19)15-16(18)6-5-9-20-10-13-21-14-11-20/h7-8,15H,2-6,9-14H2,1H3. The Bertz CT molecular complexity index is 433. The first-order valence-electron chi connectivity index (χ1n) is 8.51. The SMILES string of the molecule is CCCCCOc1ccc(Cl)cc1CCCN1CCOCC1. The van der Waals surface area contributed by atoms with Gasteiger partial charge in [0.2, 0.25) is 0 Å². The molecule has 1 fully saturated rings. The Hall–Kier alpha value is -0.770. The lowest BCUT2D eigenvalue weighted by Gasteiger charge is -2.26. The Morgan fingerprint density at radius 2 is 2.00 bits per heavy atom. The highest BCUT2D eigenvalue weighted by Gasteiger charge is 2.11. The van der Waals surface area contributed by atoms with E-state index in [2.05, 4.69) is 17.9 Å². The van der Waals surface area contributed by atoms with Gasteiger partial charge in [0.05, 0.1) is 19.8 Å². The van der Waals surface area contributed by atoms with Crippen LogP contribution in [0.5, 0.6) is 5.75 Å². The van der Waals surface area contributed by atoms with Gasteiger partial charge in [-0.2, -0.15) is 0 Å². The first-order valence-corrected chi connectivity index (χ1v) is 8.88. The quantitative estimate of drug-likeness (QED) is 0.636. The highest BCUT2D eigenvalue weighted by molar-refractivity contribution is 6.30. The van der Waals surface area contributed by atoms with Crippen molar-refractivity contribution in [3.63, 3.8) is 0 Å². The van der Waals surface area contributed by atoms with E-state index in [9.17, 15) is 0 Å². The number of morpholine rings is 1. The zero-order valence-electron chi connectivity index (χ0n) is 13.7. The van der Waals surface area contributed by atoms with Crippen molar-refractivity contribution in [3.8, 4) is 5.75 Å². The van der Waals surface area contributed by atoms with Crippen LogP contribution in [0, 0.1) is 0 Å². The molecule has 1 heterocycles. The van der Waals surface area contributed by atoms with Crippen LogP contribution in [0.4, 0.5) is 0 Å². The third-order valence-corrected chi connectivity index (χ3v) is 4.29. The first kappa shape index (κ1) is 17.6. The zero-order chi connectivity index (χ0) is 15.6. The van der Waals surface area contributed by atoms with E-state index in [4.69, 9.17) is 21.1 Å². The van der Waals surface area contributed by atoms with E-state index in [0.717, 1.165) is 69.5 Å². The summed E-state index contributed by atoms with van der Waals surface area (Å²) in [6.45, 7) is 7.95. The molecular weight excluding hydrogens is 298 g/mol. The van der Waals surface area contributed by atoms with Crippen molar-refractivity contribution in [2.24, 2.45) is 0 Å². The van der Waals surface area contributed by atoms with Crippen LogP contribution in [0.1, 0.15) is 38.2 Å². The molecule has 0 spiro atoms. The molecule has 1 aliphatic heterocycles. The maximum absolute atomic E-state index is 6.15. The second-order valence-corrected chi connectivity index (χ2v) is 6.30. The van der Waals surface area contributed by atoms with E-state index in [0.29, 0.717) is 0 Å². The summed E-state index contributed by atoms with van der Waals surface area (Å²) in [6.07, 6.45) is 5.70. The minimum absolute atomic E-state index is 0.794. The van der Waals surface area contributed by atoms with Crippen molar-refractivity contribution in [2.45, 2.75) is 39.0 Å². The van der Waals surface area contributed by atoms with Crippen LogP contribution in [0.25, 0.3) is 0 Å². The van der Waals surface area contributed by atoms with Crippen LogP contribution in [-0.4, -0.2) is 44.4 Å². The molecule has 1 aliphatic rings. The van der Waals surface area contributed by atoms with Crippen LogP contribution >= 0.6 is 11.6 Å². The van der Waals surface area contributed by atoms with Gasteiger partial charge in [0.15, 0.2) is 0 Å². The first-order chi connectivity index (χ1) is 10.8. The molecule has 1 aromatic rings. The van der Waals surface area contributed by atoms with Gasteiger partial charge in [-0.3, -0.25) is 4.90 Å². The van der Waals surface area contributed by atoms with Gasteiger partial charge in [-0.05, 0) is 49.6 Å². The highest BCUT2D eigenvalue weighted by atomic mass is 35.5. The smallest absolute Gasteiger partial charge is 0.122 e. The fraction of sp³-hybridized carbons (Fsp3) is 0.667. The molecular formula is C18H28ClNO2. The van der Waals surface area contributed by atoms with Crippen molar-refractivity contribution in [2.75, 3.05) is 39.5 Å². The van der Waals surface area contributed by atoms with Crippen LogP contribution < -0.4 is 4.74 Å². The highest BCUT2D eigenvalue weighted by Crippen LogP contribution is 2.24. The number of nitrogens with zero attached hydrogens (tertiary/aromatic N) is 1. The molecule has 0 saturated carbocycles. The lowest BCUT2D eigenvalue weighted by molar-refractivity contribution is 0.0374. The van der Waals surface area contributed by atoms with Crippen molar-refractivity contribution >= 4 is 11.6 Å². The van der Waals surface area contributed by atoms with Crippen molar-refractivity contribution < 1.29 is 9.47 Å². The van der Waals surface area contributed by atoms with Crippen LogP contribution in [-0.2, 0) is 11.2 Å². The summed E-state index contributed by atoms with van der Waals surface area (Å²) >= 11 is 6.15. The molecule has 1 aromatic carbocycles. The normalized spacial score (nSPS) is 15.9. The van der Waals surface area contributed by atoms with Gasteiger partial charge in [-0.1, -0.05) is 31.4 Å². The van der Waals surface area contributed by atoms with Gasteiger partial charge >= 0.3 is 0 Å². The van der Waals surface area contributed by atoms with Crippen LogP contribution in [0.15, 0.2) is 18.2 Å². The van der Waals surface area contributed by atoms with Gasteiger partial charge in [-0.25, -0.2) is 0 Å². The Morgan fingerprint density at radius 3 is 2.77 bits per heavy atom. The molecule has 4 heteroatoms. The van der Waals surface area contributed by atoms with E-state index in [1.807, 2.05) is 12.1 Å². The monoisotopic (exact) mass is 325 g/mol. The fourth-order valence-electron chi connectivity index (χ4n) is 2.74. The van der Waals surface area contributed by atoms with Gasteiger partial charge in [0, 0.05) is 18.1 Å². The largest absolute Gasteiger partial charge is 0.493 e. The summed E-state index contributed by atoms with van der Waals surface area (Å²) < 4.78 is 11.3. The summed E-state index contributed by atoms with van der Waals surface area (Å²) in [7, 11) is 0. The Labute approximate surface area is 139 Å². The summed E-state index contributed by atoms with van der Waals surface area (Å²) in [5.74, 6) is 1.00. The topological polar surface area (TPSA) is 21.7 Å². The van der Waals surface area contributed by atoms with Crippen LogP contribution in [0.3, 0.4) is 0 Å².